The van der Waals surface area contributed by atoms with E-state index in [2.05, 4.69) is 15.1 Å². The molecule has 0 unspecified atom stereocenters. The molecule has 1 aromatic carbocycles. The van der Waals surface area contributed by atoms with Gasteiger partial charge in [0, 0.05) is 35.7 Å². The van der Waals surface area contributed by atoms with E-state index < -0.39 is 12.6 Å². The molecule has 3 aromatic rings. The van der Waals surface area contributed by atoms with Crippen molar-refractivity contribution in [1.82, 2.24) is 14.8 Å². The highest BCUT2D eigenvalue weighted by molar-refractivity contribution is 6.00. The van der Waals surface area contributed by atoms with Gasteiger partial charge in [-0.3, -0.25) is 4.79 Å². The number of anilines is 1. The van der Waals surface area contributed by atoms with Crippen LogP contribution in [0, 0.1) is 26.6 Å². The van der Waals surface area contributed by atoms with Gasteiger partial charge in [-0.1, -0.05) is 6.07 Å². The van der Waals surface area contributed by atoms with E-state index in [0.29, 0.717) is 22.5 Å². The number of aromatic nitrogens is 3. The van der Waals surface area contributed by atoms with Gasteiger partial charge in [-0.2, -0.15) is 0 Å². The molecule has 3 heterocycles. The summed E-state index contributed by atoms with van der Waals surface area (Å²) < 4.78 is 21.0. The quantitative estimate of drug-likeness (QED) is 0.430. The molecule has 166 valence electrons. The summed E-state index contributed by atoms with van der Waals surface area (Å²) in [6.45, 7) is 6.76. The van der Waals surface area contributed by atoms with Crippen molar-refractivity contribution in [2.75, 3.05) is 24.6 Å². The zero-order chi connectivity index (χ0) is 22.8. The molecule has 1 fully saturated rings. The minimum Gasteiger partial charge on any atom is -0.453 e. The molecular weight excluding hydrogens is 411 g/mol. The van der Waals surface area contributed by atoms with Crippen molar-refractivity contribution in [3.63, 3.8) is 0 Å². The Labute approximate surface area is 185 Å². The van der Waals surface area contributed by atoms with Gasteiger partial charge in [0.05, 0.1) is 0 Å². The van der Waals surface area contributed by atoms with E-state index in [1.807, 2.05) is 6.92 Å². The summed E-state index contributed by atoms with van der Waals surface area (Å²) >= 11 is 0. The lowest BCUT2D eigenvalue weighted by molar-refractivity contribution is 0.0467. The first-order valence-corrected chi connectivity index (χ1v) is 10.6. The highest BCUT2D eigenvalue weighted by atomic mass is 19.1. The molecule has 2 aromatic heterocycles. The zero-order valence-corrected chi connectivity index (χ0v) is 18.4. The second kappa shape index (κ2) is 8.90. The summed E-state index contributed by atoms with van der Waals surface area (Å²) in [5, 5.41) is 8.05. The normalized spacial score (nSPS) is 13.4. The van der Waals surface area contributed by atoms with Gasteiger partial charge in [0.25, 0.3) is 0 Å². The van der Waals surface area contributed by atoms with Gasteiger partial charge in [-0.05, 0) is 69.5 Å². The summed E-state index contributed by atoms with van der Waals surface area (Å²) in [5.41, 5.74) is 3.10. The lowest BCUT2D eigenvalue weighted by atomic mass is 10.1. The molecule has 0 saturated carbocycles. The number of aryl methyl sites for hydroxylation is 2. The Kier molecular flexibility index (Phi) is 6.03. The molecule has 0 N–H and O–H groups in total. The van der Waals surface area contributed by atoms with Crippen molar-refractivity contribution in [2.24, 2.45) is 0 Å². The first kappa shape index (κ1) is 21.7. The molecule has 7 nitrogen and oxygen atoms in total. The fourth-order valence-corrected chi connectivity index (χ4v) is 4.00. The SMILES string of the molecule is Cc1ccc(-n2c(C)cc(C(=O)COC(=O)c3ccc(N4CCCC4)nn3)c2C)cc1F. The average Bonchev–Trinajstić information content (AvgIpc) is 3.42. The minimum absolute atomic E-state index is 0.0568. The molecule has 32 heavy (non-hydrogen) atoms. The predicted molar refractivity (Wildman–Crippen MR) is 118 cm³/mol. The molecule has 0 atom stereocenters. The molecule has 4 rings (SSSR count). The van der Waals surface area contributed by atoms with Crippen LogP contribution in [0.1, 0.15) is 50.6 Å². The third-order valence-corrected chi connectivity index (χ3v) is 5.77. The van der Waals surface area contributed by atoms with Gasteiger partial charge in [-0.15, -0.1) is 10.2 Å². The van der Waals surface area contributed by atoms with Crippen LogP contribution in [0.4, 0.5) is 10.2 Å². The Balaban J connectivity index is 1.44. The maximum absolute atomic E-state index is 14.0. The molecule has 0 spiro atoms. The molecule has 0 radical (unpaired) electrons. The van der Waals surface area contributed by atoms with Crippen LogP contribution in [0.3, 0.4) is 0 Å². The number of esters is 1. The third-order valence-electron chi connectivity index (χ3n) is 5.77. The Bertz CT molecular complexity index is 1160. The maximum Gasteiger partial charge on any atom is 0.359 e. The second-order valence-corrected chi connectivity index (χ2v) is 8.02. The van der Waals surface area contributed by atoms with Gasteiger partial charge >= 0.3 is 5.97 Å². The molecule has 0 aliphatic carbocycles. The smallest absolute Gasteiger partial charge is 0.359 e. The number of benzene rings is 1. The van der Waals surface area contributed by atoms with E-state index in [9.17, 15) is 14.0 Å². The predicted octanol–water partition coefficient (Wildman–Crippen LogP) is 3.97. The summed E-state index contributed by atoms with van der Waals surface area (Å²) in [6, 6.07) is 9.96. The van der Waals surface area contributed by atoms with Crippen LogP contribution in [-0.2, 0) is 4.74 Å². The Morgan fingerprint density at radius 1 is 1.03 bits per heavy atom. The van der Waals surface area contributed by atoms with Gasteiger partial charge in [0.1, 0.15) is 5.82 Å². The highest BCUT2D eigenvalue weighted by Gasteiger charge is 2.20. The monoisotopic (exact) mass is 436 g/mol. The first-order valence-electron chi connectivity index (χ1n) is 10.6. The van der Waals surface area contributed by atoms with E-state index in [0.717, 1.165) is 37.4 Å². The standard InChI is InChI=1S/C24H25FN4O3/c1-15-6-7-18(13-20(15)25)29-16(2)12-19(17(29)3)22(30)14-32-24(31)21-8-9-23(27-26-21)28-10-4-5-11-28/h6-9,12-13H,4-5,10-11,14H2,1-3H3. The van der Waals surface area contributed by atoms with Crippen LogP contribution in [-0.4, -0.2) is 46.2 Å². The van der Waals surface area contributed by atoms with Crippen LogP contribution in [0.2, 0.25) is 0 Å². The number of rotatable bonds is 6. The van der Waals surface area contributed by atoms with E-state index in [-0.39, 0.29) is 17.3 Å². The molecular formula is C24H25FN4O3. The minimum atomic E-state index is -0.701. The Morgan fingerprint density at radius 3 is 2.44 bits per heavy atom. The van der Waals surface area contributed by atoms with E-state index >= 15 is 0 Å². The highest BCUT2D eigenvalue weighted by Crippen LogP contribution is 2.23. The number of carbonyl (C=O) groups excluding carboxylic acids is 2. The van der Waals surface area contributed by atoms with Crippen LogP contribution in [0.25, 0.3) is 5.69 Å². The summed E-state index contributed by atoms with van der Waals surface area (Å²) in [6.07, 6.45) is 2.24. The number of carbonyl (C=O) groups is 2. The van der Waals surface area contributed by atoms with Crippen molar-refractivity contribution >= 4 is 17.6 Å². The van der Waals surface area contributed by atoms with Crippen LogP contribution in [0.5, 0.6) is 0 Å². The molecule has 0 bridgehead atoms. The molecule has 1 aliphatic heterocycles. The number of halogens is 1. The molecule has 1 aliphatic rings. The van der Waals surface area contributed by atoms with Gasteiger partial charge in [0.2, 0.25) is 5.78 Å². The van der Waals surface area contributed by atoms with Crippen molar-refractivity contribution < 1.29 is 18.7 Å². The van der Waals surface area contributed by atoms with Crippen molar-refractivity contribution in [1.29, 1.82) is 0 Å². The van der Waals surface area contributed by atoms with Gasteiger partial charge in [-0.25, -0.2) is 9.18 Å². The fourth-order valence-electron chi connectivity index (χ4n) is 4.00. The average molecular weight is 436 g/mol. The maximum atomic E-state index is 14.0. The number of Topliss-reactive ketones (excluding diaryl/α,β-unsaturated/α-hetero) is 1. The molecule has 8 heteroatoms. The molecule has 0 amide bonds. The summed E-state index contributed by atoms with van der Waals surface area (Å²) in [4.78, 5) is 27.2. The van der Waals surface area contributed by atoms with E-state index in [4.69, 9.17) is 4.74 Å². The lowest BCUT2D eigenvalue weighted by Gasteiger charge is -2.15. The Morgan fingerprint density at radius 2 is 1.78 bits per heavy atom. The third kappa shape index (κ3) is 4.26. The van der Waals surface area contributed by atoms with E-state index in [1.54, 1.807) is 48.7 Å². The second-order valence-electron chi connectivity index (χ2n) is 8.02. The van der Waals surface area contributed by atoms with Crippen molar-refractivity contribution in [3.05, 3.63) is 70.4 Å². The van der Waals surface area contributed by atoms with Crippen molar-refractivity contribution in [3.8, 4) is 5.69 Å². The number of hydrogen-bond donors (Lipinski definition) is 0. The largest absolute Gasteiger partial charge is 0.453 e. The van der Waals surface area contributed by atoms with Crippen LogP contribution >= 0.6 is 0 Å². The van der Waals surface area contributed by atoms with Crippen LogP contribution in [0.15, 0.2) is 36.4 Å². The van der Waals surface area contributed by atoms with Crippen molar-refractivity contribution in [2.45, 2.75) is 33.6 Å². The van der Waals surface area contributed by atoms with E-state index in [1.165, 1.54) is 6.07 Å². The number of nitrogens with zero attached hydrogens (tertiary/aromatic N) is 4. The lowest BCUT2D eigenvalue weighted by Crippen LogP contribution is -2.20. The van der Waals surface area contributed by atoms with Gasteiger partial charge < -0.3 is 14.2 Å². The number of ketones is 1. The molecule has 1 saturated heterocycles. The zero-order valence-electron chi connectivity index (χ0n) is 18.4. The summed E-state index contributed by atoms with van der Waals surface area (Å²) in [5.74, 6) is -0.621. The number of ether oxygens (including phenoxy) is 1. The Hall–Kier alpha value is -3.55. The van der Waals surface area contributed by atoms with Crippen LogP contribution < -0.4 is 4.90 Å². The van der Waals surface area contributed by atoms with Gasteiger partial charge in [0.15, 0.2) is 18.1 Å². The fraction of sp³-hybridized carbons (Fsp3) is 0.333. The first-order chi connectivity index (χ1) is 15.3. The number of hydrogen-bond acceptors (Lipinski definition) is 6. The topological polar surface area (TPSA) is 77.3 Å². The summed E-state index contributed by atoms with van der Waals surface area (Å²) in [7, 11) is 0.